The van der Waals surface area contributed by atoms with E-state index < -0.39 is 5.67 Å². The van der Waals surface area contributed by atoms with Crippen LogP contribution in [0.2, 0.25) is 0 Å². The van der Waals surface area contributed by atoms with Crippen LogP contribution in [0.4, 0.5) is 26.4 Å². The predicted molar refractivity (Wildman–Crippen MR) is 242 cm³/mol. The number of urea groups is 1. The van der Waals surface area contributed by atoms with Crippen molar-refractivity contribution in [2.75, 3.05) is 67.9 Å². The van der Waals surface area contributed by atoms with Crippen LogP contribution in [0.25, 0.3) is 22.2 Å². The van der Waals surface area contributed by atoms with Gasteiger partial charge >= 0.3 is 6.03 Å². The average Bonchev–Trinajstić information content (AvgIpc) is 3.64. The van der Waals surface area contributed by atoms with Crippen LogP contribution in [0.5, 0.6) is 5.75 Å². The number of carbonyl (C=O) groups excluding carboxylic acids is 3. The fraction of sp³-hybridized carbons (Fsp3) is 0.449. The number of hydrogen-bond acceptors (Lipinski definition) is 9. The molecule has 4 saturated heterocycles. The minimum absolute atomic E-state index is 0.0514. The third-order valence-electron chi connectivity index (χ3n) is 14.5. The molecule has 63 heavy (non-hydrogen) atoms. The molecule has 4 N–H and O–H groups in total. The van der Waals surface area contributed by atoms with Crippen LogP contribution in [0, 0.1) is 0 Å². The van der Waals surface area contributed by atoms with Crippen LogP contribution in [0.3, 0.4) is 0 Å². The van der Waals surface area contributed by atoms with Crippen molar-refractivity contribution in [3.63, 3.8) is 0 Å². The summed E-state index contributed by atoms with van der Waals surface area (Å²) in [6.45, 7) is 4.78. The fourth-order valence-corrected chi connectivity index (χ4v) is 10.6. The van der Waals surface area contributed by atoms with Crippen molar-refractivity contribution in [3.8, 4) is 17.0 Å². The van der Waals surface area contributed by atoms with E-state index in [9.17, 15) is 19.5 Å². The number of amides is 4. The summed E-state index contributed by atoms with van der Waals surface area (Å²) in [7, 11) is 0. The van der Waals surface area contributed by atoms with E-state index in [0.717, 1.165) is 87.2 Å². The Morgan fingerprint density at radius 3 is 2.37 bits per heavy atom. The number of imide groups is 1. The summed E-state index contributed by atoms with van der Waals surface area (Å²) < 4.78 is 18.9. The lowest BCUT2D eigenvalue weighted by atomic mass is 9.87. The van der Waals surface area contributed by atoms with Crippen molar-refractivity contribution in [2.45, 2.75) is 87.8 Å². The van der Waals surface area contributed by atoms with Crippen molar-refractivity contribution >= 4 is 45.9 Å². The van der Waals surface area contributed by atoms with Gasteiger partial charge in [-0.2, -0.15) is 0 Å². The normalized spacial score (nSPS) is 21.4. The number of nitrogens with one attached hydrogen (secondary N) is 1. The molecule has 328 valence electrons. The zero-order chi connectivity index (χ0) is 43.2. The molecule has 1 saturated carbocycles. The third kappa shape index (κ3) is 8.21. The lowest BCUT2D eigenvalue weighted by molar-refractivity contribution is -0.120. The Balaban J connectivity index is 0.730. The number of phenolic OH excluding ortho intramolecular Hbond substituents is 1. The van der Waals surface area contributed by atoms with Crippen LogP contribution < -0.4 is 20.9 Å². The second-order valence-electron chi connectivity index (χ2n) is 18.5. The van der Waals surface area contributed by atoms with Crippen molar-refractivity contribution < 1.29 is 23.9 Å². The molecular weight excluding hydrogens is 798 g/mol. The number of aromatic hydroxyl groups is 1. The number of benzene rings is 3. The molecule has 0 radical (unpaired) electrons. The van der Waals surface area contributed by atoms with Crippen molar-refractivity contribution in [2.24, 2.45) is 0 Å². The summed E-state index contributed by atoms with van der Waals surface area (Å²) >= 11 is 0. The lowest BCUT2D eigenvalue weighted by Crippen LogP contribution is -2.50. The van der Waals surface area contributed by atoms with Gasteiger partial charge in [-0.25, -0.2) is 9.18 Å². The maximum Gasteiger partial charge on any atom is 0.328 e. The number of aromatic nitrogens is 3. The molecule has 4 aliphatic heterocycles. The molecule has 5 fully saturated rings. The van der Waals surface area contributed by atoms with E-state index in [1.54, 1.807) is 17.0 Å². The molecule has 5 aromatic rings. The number of anilines is 3. The Morgan fingerprint density at radius 2 is 1.63 bits per heavy atom. The Morgan fingerprint density at radius 1 is 0.857 bits per heavy atom. The summed E-state index contributed by atoms with van der Waals surface area (Å²) in [5, 5.41) is 22.5. The first-order chi connectivity index (χ1) is 30.6. The fourth-order valence-electron chi connectivity index (χ4n) is 10.6. The molecule has 0 bridgehead atoms. The van der Waals surface area contributed by atoms with Gasteiger partial charge in [0.25, 0.3) is 5.91 Å². The number of para-hydroxylation sites is 1. The van der Waals surface area contributed by atoms with Crippen LogP contribution in [0.15, 0.2) is 79.0 Å². The summed E-state index contributed by atoms with van der Waals surface area (Å²) in [6, 6.07) is 23.2. The van der Waals surface area contributed by atoms with E-state index in [2.05, 4.69) is 60.3 Å². The van der Waals surface area contributed by atoms with Gasteiger partial charge in [0.15, 0.2) is 5.82 Å². The number of fused-ring (bicyclic) bond motifs is 1. The van der Waals surface area contributed by atoms with Gasteiger partial charge in [-0.1, -0.05) is 30.3 Å². The number of carbonyl (C=O) groups is 3. The number of likely N-dealkylation sites (tertiary alicyclic amines) is 2. The highest BCUT2D eigenvalue weighted by Gasteiger charge is 2.39. The predicted octanol–water partition coefficient (Wildman–Crippen LogP) is 7.77. The molecule has 13 nitrogen and oxygen atoms in total. The SMILES string of the molecule is Nc1nnc(-c2ccccc2O)cc1N1CCC[C@H](c2ccc(C(=O)N3CCC(F)(CN4CCC(c5cn(C6CCC6)c6cc(N7CCC(=O)NC7=O)ccc56)CC4)CC3)cc2)C1. The minimum Gasteiger partial charge on any atom is -0.507 e. The Kier molecular flexibility index (Phi) is 11.0. The Bertz CT molecular complexity index is 2520. The molecule has 1 atom stereocenters. The average molecular weight is 854 g/mol. The van der Waals surface area contributed by atoms with Gasteiger partial charge in [-0.05, 0) is 118 Å². The monoisotopic (exact) mass is 853 g/mol. The van der Waals surface area contributed by atoms with E-state index in [1.165, 1.54) is 17.4 Å². The summed E-state index contributed by atoms with van der Waals surface area (Å²) in [5.41, 5.74) is 12.0. The van der Waals surface area contributed by atoms with Gasteiger partial charge in [-0.15, -0.1) is 10.2 Å². The zero-order valence-electron chi connectivity index (χ0n) is 35.7. The van der Waals surface area contributed by atoms with Crippen LogP contribution in [-0.2, 0) is 4.79 Å². The minimum atomic E-state index is -1.34. The van der Waals surface area contributed by atoms with Gasteiger partial charge in [0.2, 0.25) is 5.91 Å². The third-order valence-corrected chi connectivity index (χ3v) is 14.5. The smallest absolute Gasteiger partial charge is 0.328 e. The van der Waals surface area contributed by atoms with Crippen molar-refractivity contribution in [3.05, 3.63) is 95.7 Å². The first-order valence-corrected chi connectivity index (χ1v) is 22.8. The molecule has 0 spiro atoms. The molecule has 5 aliphatic rings. The van der Waals surface area contributed by atoms with Crippen LogP contribution in [-0.4, -0.2) is 106 Å². The Hall–Kier alpha value is -6.02. The number of nitrogen functional groups attached to an aromatic ring is 1. The van der Waals surface area contributed by atoms with E-state index in [-0.39, 0.29) is 29.5 Å². The number of piperidine rings is 3. The van der Waals surface area contributed by atoms with Gasteiger partial charge in [-0.3, -0.25) is 19.8 Å². The second kappa shape index (κ2) is 16.9. The van der Waals surface area contributed by atoms with Gasteiger partial charge in [0.05, 0.1) is 16.9 Å². The zero-order valence-corrected chi connectivity index (χ0v) is 35.7. The summed E-state index contributed by atoms with van der Waals surface area (Å²) in [4.78, 5) is 46.1. The standard InChI is InChI=1S/C49H56FN9O4/c50-49(31-55-22-16-33(17-23-55)40-30-59(36-6-3-7-36)42-27-37(14-15-38(40)42)58-24-18-45(61)52-48(58)63)19-25-56(26-20-49)47(62)34-12-10-32(11-13-34)35-5-4-21-57(29-35)43-28-41(53-54-46(43)51)39-8-1-2-9-44(39)60/h1-2,8-15,27-28,30,33,35-36,60H,3-7,16-26,29,31H2,(H2,51,54)(H,52,61,63)/t35-/m0/s1. The molecule has 2 aromatic heterocycles. The topological polar surface area (TPSA) is 153 Å². The lowest BCUT2D eigenvalue weighted by Gasteiger charge is -2.41. The molecule has 14 heteroatoms. The summed E-state index contributed by atoms with van der Waals surface area (Å²) in [6.07, 6.45) is 10.7. The molecular formula is C49H56FN9O4. The molecule has 3 aromatic carbocycles. The van der Waals surface area contributed by atoms with E-state index in [1.807, 2.05) is 41.3 Å². The van der Waals surface area contributed by atoms with Crippen molar-refractivity contribution in [1.29, 1.82) is 0 Å². The molecule has 4 amide bonds. The number of rotatable bonds is 9. The van der Waals surface area contributed by atoms with Gasteiger partial charge in [0, 0.05) is 98.9 Å². The van der Waals surface area contributed by atoms with E-state index in [0.29, 0.717) is 80.0 Å². The second-order valence-corrected chi connectivity index (χ2v) is 18.5. The first-order valence-electron chi connectivity index (χ1n) is 22.8. The quantitative estimate of drug-likeness (QED) is 0.135. The largest absolute Gasteiger partial charge is 0.507 e. The van der Waals surface area contributed by atoms with Crippen molar-refractivity contribution in [1.82, 2.24) is 29.9 Å². The molecule has 10 rings (SSSR count). The molecule has 1 aliphatic carbocycles. The van der Waals surface area contributed by atoms with E-state index in [4.69, 9.17) is 5.73 Å². The number of hydrogen-bond donors (Lipinski definition) is 3. The van der Waals surface area contributed by atoms with E-state index >= 15 is 4.39 Å². The Labute approximate surface area is 367 Å². The van der Waals surface area contributed by atoms with Crippen LogP contribution >= 0.6 is 0 Å². The number of halogens is 1. The molecule has 0 unspecified atom stereocenters. The maximum absolute atomic E-state index is 16.5. The number of phenols is 1. The first kappa shape index (κ1) is 41.0. The highest BCUT2D eigenvalue weighted by atomic mass is 19.1. The number of alkyl halides is 1. The number of nitrogens with two attached hydrogens (primary N) is 1. The molecule has 6 heterocycles. The van der Waals surface area contributed by atoms with Gasteiger partial charge in [0.1, 0.15) is 11.4 Å². The maximum atomic E-state index is 16.5. The summed E-state index contributed by atoms with van der Waals surface area (Å²) in [5.74, 6) is 0.808. The highest BCUT2D eigenvalue weighted by Crippen LogP contribution is 2.42. The van der Waals surface area contributed by atoms with Gasteiger partial charge < -0.3 is 30.1 Å². The van der Waals surface area contributed by atoms with Crippen LogP contribution in [0.1, 0.15) is 104 Å². The highest BCUT2D eigenvalue weighted by molar-refractivity contribution is 6.06. The number of nitrogens with zero attached hydrogens (tertiary/aromatic N) is 7.